The molecule has 0 aromatic heterocycles. The predicted octanol–water partition coefficient (Wildman–Crippen LogP) is 2.29. The van der Waals surface area contributed by atoms with E-state index in [1.807, 2.05) is 0 Å². The number of piperazine rings is 1. The first-order valence-electron chi connectivity index (χ1n) is 7.69. The fraction of sp³-hybridized carbons (Fsp3) is 0.222. The number of nitrogens with zero attached hydrogens (tertiary/aromatic N) is 1. The van der Waals surface area contributed by atoms with Gasteiger partial charge in [0.1, 0.15) is 11.8 Å². The van der Waals surface area contributed by atoms with Crippen LogP contribution in [0.1, 0.15) is 22.0 Å². The summed E-state index contributed by atoms with van der Waals surface area (Å²) >= 11 is 0. The van der Waals surface area contributed by atoms with Gasteiger partial charge in [-0.25, -0.2) is 8.78 Å². The standard InChI is InChI=1S/C18H16F2N2O3/c1-25-13-5-2-11(3-6-13)16-17(23)21-8-9-22(16)18(24)12-4-7-14(19)15(20)10-12/h2-7,10,16H,8-9H2,1H3,(H,21,23). The van der Waals surface area contributed by atoms with E-state index in [0.29, 0.717) is 17.9 Å². The van der Waals surface area contributed by atoms with Gasteiger partial charge in [-0.1, -0.05) is 12.1 Å². The maximum Gasteiger partial charge on any atom is 0.254 e. The molecule has 1 atom stereocenters. The Kier molecular flexibility index (Phi) is 4.65. The van der Waals surface area contributed by atoms with Crippen molar-refractivity contribution in [3.8, 4) is 5.75 Å². The lowest BCUT2D eigenvalue weighted by Gasteiger charge is -2.35. The summed E-state index contributed by atoms with van der Waals surface area (Å²) in [7, 11) is 1.53. The van der Waals surface area contributed by atoms with Gasteiger partial charge < -0.3 is 15.0 Å². The van der Waals surface area contributed by atoms with Crippen LogP contribution in [0.3, 0.4) is 0 Å². The summed E-state index contributed by atoms with van der Waals surface area (Å²) in [4.78, 5) is 26.4. The monoisotopic (exact) mass is 346 g/mol. The van der Waals surface area contributed by atoms with E-state index >= 15 is 0 Å². The molecule has 7 heteroatoms. The molecule has 1 aliphatic rings. The predicted molar refractivity (Wildman–Crippen MR) is 86.1 cm³/mol. The lowest BCUT2D eigenvalue weighted by Crippen LogP contribution is -2.52. The van der Waals surface area contributed by atoms with E-state index in [0.717, 1.165) is 12.1 Å². The molecule has 0 radical (unpaired) electrons. The summed E-state index contributed by atoms with van der Waals surface area (Å²) in [6.45, 7) is 0.557. The van der Waals surface area contributed by atoms with Crippen LogP contribution < -0.4 is 10.1 Å². The van der Waals surface area contributed by atoms with Crippen molar-refractivity contribution >= 4 is 11.8 Å². The zero-order valence-electron chi connectivity index (χ0n) is 13.5. The molecule has 25 heavy (non-hydrogen) atoms. The van der Waals surface area contributed by atoms with Gasteiger partial charge in [0.25, 0.3) is 5.91 Å². The number of rotatable bonds is 3. The largest absolute Gasteiger partial charge is 0.497 e. The fourth-order valence-corrected chi connectivity index (χ4v) is 2.80. The van der Waals surface area contributed by atoms with Crippen LogP contribution in [0.4, 0.5) is 8.78 Å². The van der Waals surface area contributed by atoms with Crippen LogP contribution in [0.15, 0.2) is 42.5 Å². The minimum atomic E-state index is -1.10. The summed E-state index contributed by atoms with van der Waals surface area (Å²) in [6, 6.07) is 8.87. The Hall–Kier alpha value is -2.96. The van der Waals surface area contributed by atoms with Gasteiger partial charge in [0.2, 0.25) is 5.91 Å². The second-order valence-electron chi connectivity index (χ2n) is 5.59. The van der Waals surface area contributed by atoms with E-state index in [1.54, 1.807) is 24.3 Å². The van der Waals surface area contributed by atoms with Crippen molar-refractivity contribution in [2.45, 2.75) is 6.04 Å². The number of benzene rings is 2. The van der Waals surface area contributed by atoms with E-state index in [2.05, 4.69) is 5.32 Å². The highest BCUT2D eigenvalue weighted by atomic mass is 19.2. The molecule has 0 aliphatic carbocycles. The number of ether oxygens (including phenoxy) is 1. The number of halogens is 2. The Labute approximate surface area is 143 Å². The highest BCUT2D eigenvalue weighted by molar-refractivity contribution is 5.98. The molecule has 0 spiro atoms. The number of methoxy groups -OCH3 is 1. The quantitative estimate of drug-likeness (QED) is 0.928. The number of hydrogen-bond donors (Lipinski definition) is 1. The van der Waals surface area contributed by atoms with Crippen molar-refractivity contribution in [1.82, 2.24) is 10.2 Å². The average molecular weight is 346 g/mol. The van der Waals surface area contributed by atoms with Crippen LogP contribution in [0.2, 0.25) is 0 Å². The third-order valence-electron chi connectivity index (χ3n) is 4.07. The number of amides is 2. The van der Waals surface area contributed by atoms with E-state index < -0.39 is 23.6 Å². The molecule has 2 aromatic rings. The molecule has 1 aliphatic heterocycles. The summed E-state index contributed by atoms with van der Waals surface area (Å²) in [5.74, 6) is -2.37. The Balaban J connectivity index is 1.94. The van der Waals surface area contributed by atoms with Gasteiger partial charge in [-0.05, 0) is 35.9 Å². The van der Waals surface area contributed by atoms with Crippen LogP contribution in [0.5, 0.6) is 5.75 Å². The maximum atomic E-state index is 13.4. The molecule has 2 aromatic carbocycles. The summed E-state index contributed by atoms with van der Waals surface area (Å²) in [5, 5.41) is 2.72. The van der Waals surface area contributed by atoms with Crippen molar-refractivity contribution in [1.29, 1.82) is 0 Å². The molecule has 1 fully saturated rings. The lowest BCUT2D eigenvalue weighted by molar-refractivity contribution is -0.128. The molecule has 130 valence electrons. The van der Waals surface area contributed by atoms with Crippen molar-refractivity contribution in [2.75, 3.05) is 20.2 Å². The summed E-state index contributed by atoms with van der Waals surface area (Å²) in [6.07, 6.45) is 0. The van der Waals surface area contributed by atoms with Gasteiger partial charge in [-0.3, -0.25) is 9.59 Å². The topological polar surface area (TPSA) is 58.6 Å². The van der Waals surface area contributed by atoms with E-state index in [9.17, 15) is 18.4 Å². The van der Waals surface area contributed by atoms with Crippen LogP contribution in [0, 0.1) is 11.6 Å². The normalized spacial score (nSPS) is 17.2. The first kappa shape index (κ1) is 16.9. The van der Waals surface area contributed by atoms with Crippen LogP contribution in [0.25, 0.3) is 0 Å². The molecule has 2 amide bonds. The molecule has 0 saturated carbocycles. The molecule has 0 bridgehead atoms. The van der Waals surface area contributed by atoms with Gasteiger partial charge in [0.05, 0.1) is 7.11 Å². The van der Waals surface area contributed by atoms with Gasteiger partial charge >= 0.3 is 0 Å². The molecule has 3 rings (SSSR count). The van der Waals surface area contributed by atoms with Crippen LogP contribution in [-0.4, -0.2) is 36.9 Å². The first-order valence-corrected chi connectivity index (χ1v) is 7.69. The van der Waals surface area contributed by atoms with Crippen molar-refractivity contribution in [3.05, 3.63) is 65.2 Å². The third-order valence-corrected chi connectivity index (χ3v) is 4.07. The van der Waals surface area contributed by atoms with E-state index in [4.69, 9.17) is 4.74 Å². The molecular weight excluding hydrogens is 330 g/mol. The second-order valence-corrected chi connectivity index (χ2v) is 5.59. The maximum absolute atomic E-state index is 13.4. The number of carbonyl (C=O) groups excluding carboxylic acids is 2. The number of hydrogen-bond acceptors (Lipinski definition) is 3. The highest BCUT2D eigenvalue weighted by Gasteiger charge is 2.35. The van der Waals surface area contributed by atoms with Crippen molar-refractivity contribution in [2.24, 2.45) is 0 Å². The molecule has 1 N–H and O–H groups in total. The zero-order chi connectivity index (χ0) is 18.0. The Morgan fingerprint density at radius 3 is 2.52 bits per heavy atom. The summed E-state index contributed by atoms with van der Waals surface area (Å²) < 4.78 is 31.6. The fourth-order valence-electron chi connectivity index (χ4n) is 2.80. The van der Waals surface area contributed by atoms with E-state index in [-0.39, 0.29) is 18.0 Å². The Morgan fingerprint density at radius 1 is 1.16 bits per heavy atom. The van der Waals surface area contributed by atoms with Crippen molar-refractivity contribution in [3.63, 3.8) is 0 Å². The lowest BCUT2D eigenvalue weighted by atomic mass is 10.0. The van der Waals surface area contributed by atoms with Gasteiger partial charge in [0, 0.05) is 18.7 Å². The highest BCUT2D eigenvalue weighted by Crippen LogP contribution is 2.27. The first-order chi connectivity index (χ1) is 12.0. The van der Waals surface area contributed by atoms with Crippen LogP contribution in [-0.2, 0) is 4.79 Å². The minimum absolute atomic E-state index is 0.00730. The van der Waals surface area contributed by atoms with Gasteiger partial charge in [0.15, 0.2) is 11.6 Å². The van der Waals surface area contributed by atoms with E-state index in [1.165, 1.54) is 18.1 Å². The molecule has 1 unspecified atom stereocenters. The third kappa shape index (κ3) is 3.31. The van der Waals surface area contributed by atoms with Gasteiger partial charge in [-0.2, -0.15) is 0 Å². The molecular formula is C18H16F2N2O3. The Morgan fingerprint density at radius 2 is 1.88 bits per heavy atom. The van der Waals surface area contributed by atoms with Crippen molar-refractivity contribution < 1.29 is 23.1 Å². The second kappa shape index (κ2) is 6.88. The molecule has 5 nitrogen and oxygen atoms in total. The smallest absolute Gasteiger partial charge is 0.254 e. The number of carbonyl (C=O) groups is 2. The molecule has 1 heterocycles. The Bertz CT molecular complexity index is 808. The average Bonchev–Trinajstić information content (AvgIpc) is 2.63. The van der Waals surface area contributed by atoms with Crippen LogP contribution >= 0.6 is 0 Å². The summed E-state index contributed by atoms with van der Waals surface area (Å²) in [5.41, 5.74) is 0.598. The SMILES string of the molecule is COc1ccc(C2C(=O)NCCN2C(=O)c2ccc(F)c(F)c2)cc1. The number of nitrogens with one attached hydrogen (secondary N) is 1. The van der Waals surface area contributed by atoms with Gasteiger partial charge in [-0.15, -0.1) is 0 Å². The molecule has 1 saturated heterocycles. The minimum Gasteiger partial charge on any atom is -0.497 e. The zero-order valence-corrected chi connectivity index (χ0v) is 13.5.